The molecule has 0 radical (unpaired) electrons. The lowest BCUT2D eigenvalue weighted by Crippen LogP contribution is -2.51. The molecule has 2 amide bonds. The first-order valence-electron chi connectivity index (χ1n) is 6.33. The van der Waals surface area contributed by atoms with Crippen LogP contribution in [0.3, 0.4) is 0 Å². The van der Waals surface area contributed by atoms with Gasteiger partial charge in [0.05, 0.1) is 6.54 Å². The summed E-state index contributed by atoms with van der Waals surface area (Å²) in [6.07, 6.45) is 0. The monoisotopic (exact) mass is 294 g/mol. The van der Waals surface area contributed by atoms with E-state index in [1.807, 2.05) is 0 Å². The molecule has 0 saturated carbocycles. The maximum Gasteiger partial charge on any atom is 0.337 e. The number of hydrogen-bond donors (Lipinski definition) is 4. The highest BCUT2D eigenvalue weighted by atomic mass is 16.4. The van der Waals surface area contributed by atoms with E-state index in [0.29, 0.717) is 5.56 Å². The summed E-state index contributed by atoms with van der Waals surface area (Å²) < 4.78 is 0. The smallest absolute Gasteiger partial charge is 0.337 e. The molecule has 114 valence electrons. The minimum absolute atomic E-state index is 0.412. The lowest BCUT2D eigenvalue weighted by Gasteiger charge is -2.20. The number of carboxylic acid groups (broad SMARTS) is 1. The Bertz CT molecular complexity index is 527. The lowest BCUT2D eigenvalue weighted by molar-refractivity contribution is -0.156. The second kappa shape index (κ2) is 6.85. The minimum Gasteiger partial charge on any atom is -0.479 e. The van der Waals surface area contributed by atoms with Crippen molar-refractivity contribution < 1.29 is 24.6 Å². The second-order valence-corrected chi connectivity index (χ2v) is 4.86. The number of carbonyl (C=O) groups is 3. The highest BCUT2D eigenvalue weighted by molar-refractivity contribution is 5.97. The van der Waals surface area contributed by atoms with Crippen LogP contribution in [-0.4, -0.2) is 46.2 Å². The molecule has 21 heavy (non-hydrogen) atoms. The zero-order valence-electron chi connectivity index (χ0n) is 11.8. The number of benzene rings is 1. The molecule has 1 aromatic carbocycles. The first-order chi connectivity index (χ1) is 9.74. The fourth-order valence-corrected chi connectivity index (χ4v) is 1.42. The quantitative estimate of drug-likeness (QED) is 0.578. The standard InChI is InChI=1S/C14H18N2O5/c1-9(11(17)15-8-14(2,21)13(19)20)16-12(18)10-6-4-3-5-7-10/h3-7,9,21H,8H2,1-2H3,(H,15,17)(H,16,18)(H,19,20). The summed E-state index contributed by atoms with van der Waals surface area (Å²) in [7, 11) is 0. The third kappa shape index (κ3) is 4.88. The molecule has 0 spiro atoms. The van der Waals surface area contributed by atoms with Crippen LogP contribution in [0.25, 0.3) is 0 Å². The van der Waals surface area contributed by atoms with Gasteiger partial charge in [-0.1, -0.05) is 18.2 Å². The summed E-state index contributed by atoms with van der Waals surface area (Å²) in [4.78, 5) is 34.3. The van der Waals surface area contributed by atoms with E-state index in [-0.39, 0.29) is 0 Å². The molecule has 0 fully saturated rings. The number of aliphatic carboxylic acids is 1. The van der Waals surface area contributed by atoms with Crippen LogP contribution < -0.4 is 10.6 Å². The number of carboxylic acids is 1. The van der Waals surface area contributed by atoms with Crippen LogP contribution in [0.15, 0.2) is 30.3 Å². The summed E-state index contributed by atoms with van der Waals surface area (Å²) in [6, 6.07) is 7.51. The van der Waals surface area contributed by atoms with Crippen molar-refractivity contribution in [1.82, 2.24) is 10.6 Å². The van der Waals surface area contributed by atoms with Crippen molar-refractivity contribution in [3.05, 3.63) is 35.9 Å². The molecule has 0 aliphatic rings. The Morgan fingerprint density at radius 2 is 1.81 bits per heavy atom. The van der Waals surface area contributed by atoms with E-state index in [9.17, 15) is 19.5 Å². The van der Waals surface area contributed by atoms with Gasteiger partial charge in [0.2, 0.25) is 5.91 Å². The molecule has 7 nitrogen and oxygen atoms in total. The molecule has 0 saturated heterocycles. The van der Waals surface area contributed by atoms with E-state index in [2.05, 4.69) is 10.6 Å². The van der Waals surface area contributed by atoms with Crippen molar-refractivity contribution in [1.29, 1.82) is 0 Å². The summed E-state index contributed by atoms with van der Waals surface area (Å²) in [5, 5.41) is 23.0. The average Bonchev–Trinajstić information content (AvgIpc) is 2.45. The minimum atomic E-state index is -2.06. The van der Waals surface area contributed by atoms with Gasteiger partial charge in [0.25, 0.3) is 5.91 Å². The predicted molar refractivity (Wildman–Crippen MR) is 74.6 cm³/mol. The van der Waals surface area contributed by atoms with E-state index in [1.165, 1.54) is 6.92 Å². The Kier molecular flexibility index (Phi) is 5.43. The van der Waals surface area contributed by atoms with E-state index in [1.54, 1.807) is 30.3 Å². The number of amides is 2. The fraction of sp³-hybridized carbons (Fsp3) is 0.357. The summed E-state index contributed by atoms with van der Waals surface area (Å²) >= 11 is 0. The molecular weight excluding hydrogens is 276 g/mol. The Labute approximate surface area is 122 Å². The first-order valence-corrected chi connectivity index (χ1v) is 6.33. The van der Waals surface area contributed by atoms with Crippen molar-refractivity contribution in [2.24, 2.45) is 0 Å². The Morgan fingerprint density at radius 3 is 2.33 bits per heavy atom. The van der Waals surface area contributed by atoms with Crippen molar-refractivity contribution in [2.75, 3.05) is 6.54 Å². The molecule has 0 heterocycles. The van der Waals surface area contributed by atoms with Gasteiger partial charge in [0.1, 0.15) is 6.04 Å². The van der Waals surface area contributed by atoms with Crippen molar-refractivity contribution in [3.8, 4) is 0 Å². The Hall–Kier alpha value is -2.41. The van der Waals surface area contributed by atoms with Crippen LogP contribution >= 0.6 is 0 Å². The fourth-order valence-electron chi connectivity index (χ4n) is 1.42. The van der Waals surface area contributed by atoms with Crippen LogP contribution in [0, 0.1) is 0 Å². The molecule has 2 atom stereocenters. The Balaban J connectivity index is 2.52. The van der Waals surface area contributed by atoms with Gasteiger partial charge in [0.15, 0.2) is 5.60 Å². The number of aliphatic hydroxyl groups is 1. The maximum atomic E-state index is 11.8. The van der Waals surface area contributed by atoms with Crippen molar-refractivity contribution in [3.63, 3.8) is 0 Å². The van der Waals surface area contributed by atoms with Gasteiger partial charge in [-0.3, -0.25) is 9.59 Å². The topological polar surface area (TPSA) is 116 Å². The largest absolute Gasteiger partial charge is 0.479 e. The van der Waals surface area contributed by atoms with E-state index >= 15 is 0 Å². The van der Waals surface area contributed by atoms with Crippen molar-refractivity contribution >= 4 is 17.8 Å². The zero-order chi connectivity index (χ0) is 16.0. The molecule has 0 aliphatic heterocycles. The third-order valence-corrected chi connectivity index (χ3v) is 2.84. The molecule has 0 aliphatic carbocycles. The van der Waals surface area contributed by atoms with Gasteiger partial charge < -0.3 is 20.8 Å². The van der Waals surface area contributed by atoms with E-state index < -0.39 is 36.0 Å². The van der Waals surface area contributed by atoms with Gasteiger partial charge in [-0.2, -0.15) is 0 Å². The molecule has 2 unspecified atom stereocenters. The second-order valence-electron chi connectivity index (χ2n) is 4.86. The molecule has 0 bridgehead atoms. The number of carbonyl (C=O) groups excluding carboxylic acids is 2. The zero-order valence-corrected chi connectivity index (χ0v) is 11.8. The van der Waals surface area contributed by atoms with Crippen LogP contribution in [0.2, 0.25) is 0 Å². The lowest BCUT2D eigenvalue weighted by atomic mass is 10.1. The predicted octanol–water partition coefficient (Wildman–Crippen LogP) is -0.243. The highest BCUT2D eigenvalue weighted by Gasteiger charge is 2.31. The SMILES string of the molecule is CC(NC(=O)c1ccccc1)C(=O)NCC(C)(O)C(=O)O. The van der Waals surface area contributed by atoms with Gasteiger partial charge in [0, 0.05) is 5.56 Å². The van der Waals surface area contributed by atoms with E-state index in [0.717, 1.165) is 6.92 Å². The van der Waals surface area contributed by atoms with E-state index in [4.69, 9.17) is 5.11 Å². The highest BCUT2D eigenvalue weighted by Crippen LogP contribution is 2.02. The molecule has 7 heteroatoms. The molecule has 4 N–H and O–H groups in total. The van der Waals surface area contributed by atoms with Gasteiger partial charge in [-0.05, 0) is 26.0 Å². The van der Waals surface area contributed by atoms with Gasteiger partial charge >= 0.3 is 5.97 Å². The third-order valence-electron chi connectivity index (χ3n) is 2.84. The summed E-state index contributed by atoms with van der Waals surface area (Å²) in [5.41, 5.74) is -1.64. The number of nitrogens with one attached hydrogen (secondary N) is 2. The van der Waals surface area contributed by atoms with Crippen LogP contribution in [0.4, 0.5) is 0 Å². The average molecular weight is 294 g/mol. The number of rotatable bonds is 6. The first kappa shape index (κ1) is 16.6. The summed E-state index contributed by atoms with van der Waals surface area (Å²) in [5.74, 6) is -2.44. The van der Waals surface area contributed by atoms with Gasteiger partial charge in [-0.15, -0.1) is 0 Å². The molecule has 1 rings (SSSR count). The Morgan fingerprint density at radius 1 is 1.24 bits per heavy atom. The van der Waals surface area contributed by atoms with Crippen LogP contribution in [0.5, 0.6) is 0 Å². The van der Waals surface area contributed by atoms with Crippen LogP contribution in [-0.2, 0) is 9.59 Å². The summed E-state index contributed by atoms with van der Waals surface area (Å²) in [6.45, 7) is 2.08. The molecule has 0 aromatic heterocycles. The molecule has 1 aromatic rings. The van der Waals surface area contributed by atoms with Crippen LogP contribution in [0.1, 0.15) is 24.2 Å². The number of hydrogen-bond acceptors (Lipinski definition) is 4. The van der Waals surface area contributed by atoms with Gasteiger partial charge in [-0.25, -0.2) is 4.79 Å². The maximum absolute atomic E-state index is 11.8. The normalized spacial score (nSPS) is 14.6. The van der Waals surface area contributed by atoms with Crippen molar-refractivity contribution in [2.45, 2.75) is 25.5 Å². The molecular formula is C14H18N2O5.